The second kappa shape index (κ2) is 6.74. The van der Waals surface area contributed by atoms with Crippen molar-refractivity contribution in [3.63, 3.8) is 0 Å². The van der Waals surface area contributed by atoms with Crippen molar-refractivity contribution in [3.05, 3.63) is 76.0 Å². The Labute approximate surface area is 147 Å². The first-order valence-corrected chi connectivity index (χ1v) is 8.38. The summed E-state index contributed by atoms with van der Waals surface area (Å²) in [6.45, 7) is 10.4. The average molecular weight is 341 g/mol. The highest BCUT2D eigenvalue weighted by molar-refractivity contribution is 6.31. The van der Waals surface area contributed by atoms with Crippen molar-refractivity contribution in [3.8, 4) is 5.75 Å². The molecule has 0 bridgehead atoms. The third-order valence-corrected chi connectivity index (χ3v) is 4.63. The van der Waals surface area contributed by atoms with Gasteiger partial charge in [-0.3, -0.25) is 0 Å². The van der Waals surface area contributed by atoms with Crippen LogP contribution in [0.2, 0.25) is 5.02 Å². The smallest absolute Gasteiger partial charge is 0.141 e. The monoisotopic (exact) mass is 340 g/mol. The molecule has 0 unspecified atom stereocenters. The van der Waals surface area contributed by atoms with E-state index in [2.05, 4.69) is 19.6 Å². The van der Waals surface area contributed by atoms with E-state index in [9.17, 15) is 0 Å². The summed E-state index contributed by atoms with van der Waals surface area (Å²) in [6.07, 6.45) is 4.50. The van der Waals surface area contributed by atoms with Gasteiger partial charge in [0.05, 0.1) is 6.26 Å². The Bertz CT molecular complexity index is 906. The van der Waals surface area contributed by atoms with Crippen molar-refractivity contribution in [2.45, 2.75) is 33.8 Å². The van der Waals surface area contributed by atoms with Gasteiger partial charge in [-0.05, 0) is 50.5 Å². The molecule has 0 radical (unpaired) electrons. The molecule has 2 nitrogen and oxygen atoms in total. The predicted molar refractivity (Wildman–Crippen MR) is 100 cm³/mol. The zero-order valence-corrected chi connectivity index (χ0v) is 15.0. The van der Waals surface area contributed by atoms with Crippen LogP contribution in [0, 0.1) is 20.8 Å². The summed E-state index contributed by atoms with van der Waals surface area (Å²) in [5, 5.41) is 1.89. The van der Waals surface area contributed by atoms with E-state index in [1.807, 2.05) is 44.4 Å². The van der Waals surface area contributed by atoms with E-state index < -0.39 is 0 Å². The van der Waals surface area contributed by atoms with E-state index in [-0.39, 0.29) is 0 Å². The average Bonchev–Trinajstić information content (AvgIpc) is 2.96. The SMILES string of the molecule is C=CCc1coc2c(C)c(OCc3ccc(C)cc3Cl)cc(C)c12. The molecule has 0 atom stereocenters. The van der Waals surface area contributed by atoms with Crippen LogP contribution < -0.4 is 4.74 Å². The maximum Gasteiger partial charge on any atom is 0.141 e. The van der Waals surface area contributed by atoms with Crippen molar-refractivity contribution >= 4 is 22.6 Å². The molecule has 0 spiro atoms. The molecular weight excluding hydrogens is 320 g/mol. The van der Waals surface area contributed by atoms with Crippen LogP contribution in [0.1, 0.15) is 27.8 Å². The molecule has 0 N–H and O–H groups in total. The highest BCUT2D eigenvalue weighted by Crippen LogP contribution is 2.34. The van der Waals surface area contributed by atoms with E-state index in [1.165, 1.54) is 0 Å². The lowest BCUT2D eigenvalue weighted by Gasteiger charge is -2.12. The summed E-state index contributed by atoms with van der Waals surface area (Å²) in [4.78, 5) is 0. The number of hydrogen-bond acceptors (Lipinski definition) is 2. The third kappa shape index (κ3) is 3.07. The van der Waals surface area contributed by atoms with Crippen LogP contribution in [0.4, 0.5) is 0 Å². The van der Waals surface area contributed by atoms with Gasteiger partial charge in [0, 0.05) is 27.1 Å². The van der Waals surface area contributed by atoms with Crippen LogP contribution in [0.5, 0.6) is 5.75 Å². The Hall–Kier alpha value is -2.19. The maximum absolute atomic E-state index is 6.29. The van der Waals surface area contributed by atoms with E-state index in [0.717, 1.165) is 56.0 Å². The minimum Gasteiger partial charge on any atom is -0.488 e. The zero-order chi connectivity index (χ0) is 17.3. The number of aryl methyl sites for hydroxylation is 3. The topological polar surface area (TPSA) is 22.4 Å². The van der Waals surface area contributed by atoms with Gasteiger partial charge in [0.25, 0.3) is 0 Å². The molecule has 0 aliphatic heterocycles. The van der Waals surface area contributed by atoms with Gasteiger partial charge in [0.2, 0.25) is 0 Å². The van der Waals surface area contributed by atoms with Crippen LogP contribution in [0.25, 0.3) is 11.0 Å². The molecular formula is C21H21ClO2. The standard InChI is InChI=1S/C21H21ClO2/c1-5-6-17-12-24-21-15(4)19(10-14(3)20(17)21)23-11-16-8-7-13(2)9-18(16)22/h5,7-10,12H,1,6,11H2,2-4H3. The van der Waals surface area contributed by atoms with Crippen molar-refractivity contribution in [1.29, 1.82) is 0 Å². The van der Waals surface area contributed by atoms with Gasteiger partial charge in [-0.2, -0.15) is 0 Å². The molecule has 0 aliphatic rings. The molecule has 2 aromatic carbocycles. The zero-order valence-electron chi connectivity index (χ0n) is 14.3. The number of halogens is 1. The van der Waals surface area contributed by atoms with Gasteiger partial charge in [-0.25, -0.2) is 0 Å². The number of allylic oxidation sites excluding steroid dienone is 1. The van der Waals surface area contributed by atoms with Gasteiger partial charge in [-0.15, -0.1) is 6.58 Å². The number of furan rings is 1. The highest BCUT2D eigenvalue weighted by Gasteiger charge is 2.15. The van der Waals surface area contributed by atoms with Crippen molar-refractivity contribution in [1.82, 2.24) is 0 Å². The lowest BCUT2D eigenvalue weighted by atomic mass is 10.0. The number of fused-ring (bicyclic) bond motifs is 1. The minimum atomic E-state index is 0.436. The summed E-state index contributed by atoms with van der Waals surface area (Å²) in [7, 11) is 0. The Morgan fingerprint density at radius 3 is 2.67 bits per heavy atom. The Kier molecular flexibility index (Phi) is 4.68. The molecule has 0 saturated carbocycles. The summed E-state index contributed by atoms with van der Waals surface area (Å²) in [5.74, 6) is 0.830. The van der Waals surface area contributed by atoms with Gasteiger partial charge in [0.15, 0.2) is 0 Å². The number of benzene rings is 2. The van der Waals surface area contributed by atoms with E-state index >= 15 is 0 Å². The number of hydrogen-bond donors (Lipinski definition) is 0. The quantitative estimate of drug-likeness (QED) is 0.507. The fourth-order valence-corrected chi connectivity index (χ4v) is 3.26. The molecule has 1 aromatic heterocycles. The molecule has 3 heteroatoms. The van der Waals surface area contributed by atoms with Crippen LogP contribution in [-0.2, 0) is 13.0 Å². The van der Waals surface area contributed by atoms with E-state index in [0.29, 0.717) is 6.61 Å². The number of rotatable bonds is 5. The molecule has 3 aromatic rings. The molecule has 0 saturated heterocycles. The molecule has 0 amide bonds. The summed E-state index contributed by atoms with van der Waals surface area (Å²) < 4.78 is 11.8. The Morgan fingerprint density at radius 2 is 1.96 bits per heavy atom. The van der Waals surface area contributed by atoms with Crippen molar-refractivity contribution in [2.24, 2.45) is 0 Å². The summed E-state index contributed by atoms with van der Waals surface area (Å²) >= 11 is 6.29. The van der Waals surface area contributed by atoms with Crippen LogP contribution in [0.3, 0.4) is 0 Å². The number of ether oxygens (including phenoxy) is 1. The molecule has 1 heterocycles. The van der Waals surface area contributed by atoms with E-state index in [4.69, 9.17) is 20.8 Å². The Balaban J connectivity index is 1.92. The second-order valence-corrected chi connectivity index (χ2v) is 6.57. The molecule has 3 rings (SSSR count). The molecule has 124 valence electrons. The normalized spacial score (nSPS) is 11.0. The van der Waals surface area contributed by atoms with E-state index in [1.54, 1.807) is 0 Å². The second-order valence-electron chi connectivity index (χ2n) is 6.16. The maximum atomic E-state index is 6.29. The predicted octanol–water partition coefficient (Wildman–Crippen LogP) is 6.32. The van der Waals surface area contributed by atoms with Gasteiger partial charge >= 0.3 is 0 Å². The fourth-order valence-electron chi connectivity index (χ4n) is 2.97. The first-order valence-electron chi connectivity index (χ1n) is 8.00. The fraction of sp³-hybridized carbons (Fsp3) is 0.238. The molecule has 24 heavy (non-hydrogen) atoms. The minimum absolute atomic E-state index is 0.436. The third-order valence-electron chi connectivity index (χ3n) is 4.28. The highest BCUT2D eigenvalue weighted by atomic mass is 35.5. The lowest BCUT2D eigenvalue weighted by Crippen LogP contribution is -1.99. The van der Waals surface area contributed by atoms with Gasteiger partial charge < -0.3 is 9.15 Å². The first kappa shape index (κ1) is 16.7. The molecule has 0 aliphatic carbocycles. The Morgan fingerprint density at radius 1 is 1.17 bits per heavy atom. The molecule has 0 fully saturated rings. The van der Waals surface area contributed by atoms with Gasteiger partial charge in [0.1, 0.15) is 17.9 Å². The summed E-state index contributed by atoms with van der Waals surface area (Å²) in [5.41, 5.74) is 6.32. The van der Waals surface area contributed by atoms with Crippen LogP contribution in [-0.4, -0.2) is 0 Å². The van der Waals surface area contributed by atoms with Crippen molar-refractivity contribution in [2.75, 3.05) is 0 Å². The van der Waals surface area contributed by atoms with Crippen LogP contribution in [0.15, 0.2) is 47.6 Å². The first-order chi connectivity index (χ1) is 11.5. The van der Waals surface area contributed by atoms with Crippen LogP contribution >= 0.6 is 11.6 Å². The lowest BCUT2D eigenvalue weighted by molar-refractivity contribution is 0.304. The largest absolute Gasteiger partial charge is 0.488 e. The van der Waals surface area contributed by atoms with Gasteiger partial charge in [-0.1, -0.05) is 29.8 Å². The summed E-state index contributed by atoms with van der Waals surface area (Å²) in [6, 6.07) is 8.07. The van der Waals surface area contributed by atoms with Crippen molar-refractivity contribution < 1.29 is 9.15 Å².